The van der Waals surface area contributed by atoms with Crippen LogP contribution in [-0.4, -0.2) is 28.8 Å². The third-order valence-electron chi connectivity index (χ3n) is 1.87. The van der Waals surface area contributed by atoms with Gasteiger partial charge in [0.05, 0.1) is 12.5 Å². The third kappa shape index (κ3) is 4.31. The minimum atomic E-state index is -1.05. The molecule has 0 aliphatic carbocycles. The molecule has 1 aromatic carbocycles. The first-order valence-electron chi connectivity index (χ1n) is 4.58. The summed E-state index contributed by atoms with van der Waals surface area (Å²) in [6, 6.07) is 4.20. The van der Waals surface area contributed by atoms with Crippen LogP contribution in [0.4, 0.5) is 10.1 Å². The molecule has 0 aromatic heterocycles. The molecule has 88 valence electrons. The standard InChI is InChI=1S/C10H11FINO3/c11-6-1-2-9(8(12)3-6)13-5-7(14)4-10(15)16/h1-3,7,13-14H,4-5H2,(H,15,16). The van der Waals surface area contributed by atoms with Gasteiger partial charge < -0.3 is 15.5 Å². The zero-order valence-corrected chi connectivity index (χ0v) is 10.4. The Bertz CT molecular complexity index is 386. The van der Waals surface area contributed by atoms with E-state index in [1.54, 1.807) is 6.07 Å². The van der Waals surface area contributed by atoms with Gasteiger partial charge in [-0.1, -0.05) is 0 Å². The van der Waals surface area contributed by atoms with Gasteiger partial charge in [-0.05, 0) is 40.8 Å². The number of benzene rings is 1. The second kappa shape index (κ2) is 6.00. The lowest BCUT2D eigenvalue weighted by atomic mass is 10.2. The normalized spacial score (nSPS) is 12.2. The molecule has 6 heteroatoms. The van der Waals surface area contributed by atoms with Crippen molar-refractivity contribution in [3.63, 3.8) is 0 Å². The van der Waals surface area contributed by atoms with Crippen LogP contribution in [0, 0.1) is 9.39 Å². The molecule has 1 rings (SSSR count). The summed E-state index contributed by atoms with van der Waals surface area (Å²) in [6.45, 7) is 0.119. The Morgan fingerprint density at radius 3 is 2.81 bits per heavy atom. The van der Waals surface area contributed by atoms with Crippen molar-refractivity contribution >= 4 is 34.2 Å². The van der Waals surface area contributed by atoms with E-state index in [9.17, 15) is 14.3 Å². The van der Waals surface area contributed by atoms with Crippen LogP contribution in [0.25, 0.3) is 0 Å². The van der Waals surface area contributed by atoms with Gasteiger partial charge in [0.2, 0.25) is 0 Å². The molecule has 0 saturated carbocycles. The number of rotatable bonds is 5. The molecule has 0 aliphatic rings. The molecular weight excluding hydrogens is 328 g/mol. The first-order chi connectivity index (χ1) is 7.49. The Labute approximate surface area is 106 Å². The zero-order chi connectivity index (χ0) is 12.1. The van der Waals surface area contributed by atoms with Crippen molar-refractivity contribution in [1.82, 2.24) is 0 Å². The van der Waals surface area contributed by atoms with Gasteiger partial charge in [-0.15, -0.1) is 0 Å². The maximum absolute atomic E-state index is 12.8. The van der Waals surface area contributed by atoms with Gasteiger partial charge in [-0.2, -0.15) is 0 Å². The van der Waals surface area contributed by atoms with Crippen molar-refractivity contribution in [3.05, 3.63) is 27.6 Å². The molecule has 1 atom stereocenters. The summed E-state index contributed by atoms with van der Waals surface area (Å²) in [5.74, 6) is -1.39. The second-order valence-electron chi connectivity index (χ2n) is 3.26. The predicted octanol–water partition coefficient (Wildman–Crippen LogP) is 1.68. The van der Waals surface area contributed by atoms with Crippen LogP contribution < -0.4 is 5.32 Å². The lowest BCUT2D eigenvalue weighted by Crippen LogP contribution is -2.22. The molecule has 0 spiro atoms. The average molecular weight is 339 g/mol. The highest BCUT2D eigenvalue weighted by molar-refractivity contribution is 14.1. The smallest absolute Gasteiger partial charge is 0.306 e. The minimum absolute atomic E-state index is 0.119. The van der Waals surface area contributed by atoms with Gasteiger partial charge in [0, 0.05) is 15.8 Å². The number of hydrogen-bond acceptors (Lipinski definition) is 3. The van der Waals surface area contributed by atoms with Crippen LogP contribution in [0.1, 0.15) is 6.42 Å². The van der Waals surface area contributed by atoms with Crippen LogP contribution in [0.3, 0.4) is 0 Å². The van der Waals surface area contributed by atoms with Gasteiger partial charge in [0.15, 0.2) is 0 Å². The van der Waals surface area contributed by atoms with Crippen molar-refractivity contribution in [1.29, 1.82) is 0 Å². The van der Waals surface area contributed by atoms with Crippen molar-refractivity contribution < 1.29 is 19.4 Å². The molecular formula is C10H11FINO3. The quantitative estimate of drug-likeness (QED) is 0.714. The number of carboxylic acid groups (broad SMARTS) is 1. The van der Waals surface area contributed by atoms with E-state index in [1.807, 2.05) is 22.6 Å². The second-order valence-corrected chi connectivity index (χ2v) is 4.42. The van der Waals surface area contributed by atoms with E-state index < -0.39 is 12.1 Å². The van der Waals surface area contributed by atoms with Crippen LogP contribution in [0.5, 0.6) is 0 Å². The first kappa shape index (κ1) is 13.2. The summed E-state index contributed by atoms with van der Waals surface area (Å²) in [5.41, 5.74) is 0.673. The fraction of sp³-hybridized carbons (Fsp3) is 0.300. The number of anilines is 1. The van der Waals surface area contributed by atoms with Gasteiger partial charge in [-0.3, -0.25) is 4.79 Å². The number of carbonyl (C=O) groups is 1. The lowest BCUT2D eigenvalue weighted by Gasteiger charge is -2.12. The Morgan fingerprint density at radius 2 is 2.25 bits per heavy atom. The van der Waals surface area contributed by atoms with Crippen molar-refractivity contribution in [3.8, 4) is 0 Å². The Kier molecular flexibility index (Phi) is 4.94. The van der Waals surface area contributed by atoms with Crippen LogP contribution in [-0.2, 0) is 4.79 Å². The monoisotopic (exact) mass is 339 g/mol. The van der Waals surface area contributed by atoms with Crippen molar-refractivity contribution in [2.24, 2.45) is 0 Å². The van der Waals surface area contributed by atoms with Crippen LogP contribution in [0.2, 0.25) is 0 Å². The molecule has 0 bridgehead atoms. The van der Waals surface area contributed by atoms with Gasteiger partial charge in [-0.25, -0.2) is 4.39 Å². The van der Waals surface area contributed by atoms with E-state index >= 15 is 0 Å². The molecule has 3 N–H and O–H groups in total. The van der Waals surface area contributed by atoms with E-state index in [0.29, 0.717) is 9.26 Å². The van der Waals surface area contributed by atoms with Gasteiger partial charge in [0.25, 0.3) is 0 Å². The fourth-order valence-corrected chi connectivity index (χ4v) is 1.80. The molecule has 0 aliphatic heterocycles. The molecule has 1 aromatic rings. The number of nitrogens with one attached hydrogen (secondary N) is 1. The fourth-order valence-electron chi connectivity index (χ4n) is 1.13. The maximum Gasteiger partial charge on any atom is 0.306 e. The SMILES string of the molecule is O=C(O)CC(O)CNc1ccc(F)cc1I. The highest BCUT2D eigenvalue weighted by atomic mass is 127. The Hall–Kier alpha value is -0.890. The molecule has 4 nitrogen and oxygen atoms in total. The molecule has 0 heterocycles. The largest absolute Gasteiger partial charge is 0.481 e. The number of aliphatic carboxylic acids is 1. The summed E-state index contributed by atoms with van der Waals surface area (Å²) in [5, 5.41) is 20.6. The van der Waals surface area contributed by atoms with Gasteiger partial charge >= 0.3 is 5.97 Å². The highest BCUT2D eigenvalue weighted by Gasteiger charge is 2.09. The van der Waals surface area contributed by atoms with Crippen LogP contribution >= 0.6 is 22.6 Å². The third-order valence-corrected chi connectivity index (χ3v) is 2.76. The van der Waals surface area contributed by atoms with Crippen molar-refractivity contribution in [2.75, 3.05) is 11.9 Å². The maximum atomic E-state index is 12.8. The Balaban J connectivity index is 2.51. The predicted molar refractivity (Wildman–Crippen MR) is 65.9 cm³/mol. The summed E-state index contributed by atoms with van der Waals surface area (Å²) in [4.78, 5) is 10.3. The summed E-state index contributed by atoms with van der Waals surface area (Å²) >= 11 is 1.96. The molecule has 1 unspecified atom stereocenters. The van der Waals surface area contributed by atoms with E-state index in [1.165, 1.54) is 12.1 Å². The number of halogens is 2. The van der Waals surface area contributed by atoms with E-state index in [0.717, 1.165) is 0 Å². The number of hydrogen-bond donors (Lipinski definition) is 3. The lowest BCUT2D eigenvalue weighted by molar-refractivity contribution is -0.138. The van der Waals surface area contributed by atoms with E-state index in [4.69, 9.17) is 5.11 Å². The number of aliphatic hydroxyl groups excluding tert-OH is 1. The summed E-state index contributed by atoms with van der Waals surface area (Å²) < 4.78 is 13.4. The molecule has 0 fully saturated rings. The Morgan fingerprint density at radius 1 is 1.56 bits per heavy atom. The van der Waals surface area contributed by atoms with Gasteiger partial charge in [0.1, 0.15) is 5.82 Å². The molecule has 0 saturated heterocycles. The molecule has 0 amide bonds. The number of carboxylic acids is 1. The molecule has 0 radical (unpaired) electrons. The topological polar surface area (TPSA) is 69.6 Å². The van der Waals surface area contributed by atoms with Crippen molar-refractivity contribution in [2.45, 2.75) is 12.5 Å². The van der Waals surface area contributed by atoms with Crippen LogP contribution in [0.15, 0.2) is 18.2 Å². The van der Waals surface area contributed by atoms with E-state index in [-0.39, 0.29) is 18.8 Å². The molecule has 16 heavy (non-hydrogen) atoms. The van der Waals surface area contributed by atoms with E-state index in [2.05, 4.69) is 5.32 Å². The highest BCUT2D eigenvalue weighted by Crippen LogP contribution is 2.18. The zero-order valence-electron chi connectivity index (χ0n) is 8.28. The minimum Gasteiger partial charge on any atom is -0.481 e. The number of aliphatic hydroxyl groups is 1. The summed E-state index contributed by atoms with van der Waals surface area (Å²) in [6.07, 6.45) is -1.27. The summed E-state index contributed by atoms with van der Waals surface area (Å²) in [7, 11) is 0. The first-order valence-corrected chi connectivity index (χ1v) is 5.65. The average Bonchev–Trinajstić information content (AvgIpc) is 2.15.